The molecule has 1 heterocycles. The van der Waals surface area contributed by atoms with E-state index in [1.54, 1.807) is 12.1 Å². The Labute approximate surface area is 154 Å². The van der Waals surface area contributed by atoms with Gasteiger partial charge in [-0.15, -0.1) is 0 Å². The minimum atomic E-state index is -0.288. The number of carbonyl (C=O) groups is 1. The molecule has 1 saturated heterocycles. The highest BCUT2D eigenvalue weighted by Gasteiger charge is 2.22. The molecule has 26 heavy (non-hydrogen) atoms. The molecule has 2 aromatic carbocycles. The van der Waals surface area contributed by atoms with Gasteiger partial charge in [0.05, 0.1) is 12.6 Å². The lowest BCUT2D eigenvalue weighted by Crippen LogP contribution is -2.44. The van der Waals surface area contributed by atoms with Crippen LogP contribution in [-0.2, 0) is 4.79 Å². The lowest BCUT2D eigenvalue weighted by Gasteiger charge is -2.32. The van der Waals surface area contributed by atoms with E-state index in [9.17, 15) is 9.18 Å². The molecule has 1 amide bonds. The first-order valence-electron chi connectivity index (χ1n) is 9.09. The van der Waals surface area contributed by atoms with Gasteiger partial charge < -0.3 is 10.1 Å². The third-order valence-corrected chi connectivity index (χ3v) is 4.68. The number of benzene rings is 2. The maximum Gasteiger partial charge on any atom is 0.234 e. The van der Waals surface area contributed by atoms with Gasteiger partial charge in [0.1, 0.15) is 17.7 Å². The Kier molecular flexibility index (Phi) is 6.23. The predicted octanol–water partition coefficient (Wildman–Crippen LogP) is 3.55. The van der Waals surface area contributed by atoms with Crippen molar-refractivity contribution in [1.29, 1.82) is 0 Å². The Balaban J connectivity index is 1.41. The molecule has 1 aliphatic rings. The molecule has 5 heteroatoms. The van der Waals surface area contributed by atoms with Crippen LogP contribution in [0.25, 0.3) is 0 Å². The molecular weight excluding hydrogens is 331 g/mol. The summed E-state index contributed by atoms with van der Waals surface area (Å²) in [6, 6.07) is 16.2. The van der Waals surface area contributed by atoms with E-state index in [1.165, 1.54) is 12.1 Å². The number of nitrogens with one attached hydrogen (secondary N) is 1. The summed E-state index contributed by atoms with van der Waals surface area (Å²) in [6.07, 6.45) is 1.73. The van der Waals surface area contributed by atoms with Crippen LogP contribution in [0.4, 0.5) is 4.39 Å². The average Bonchev–Trinajstić information content (AvgIpc) is 2.64. The molecule has 4 nitrogen and oxygen atoms in total. The number of rotatable bonds is 6. The number of hydrogen-bond acceptors (Lipinski definition) is 3. The van der Waals surface area contributed by atoms with Crippen LogP contribution < -0.4 is 10.1 Å². The van der Waals surface area contributed by atoms with Gasteiger partial charge >= 0.3 is 0 Å². The quantitative estimate of drug-likeness (QED) is 0.861. The molecule has 138 valence electrons. The van der Waals surface area contributed by atoms with Gasteiger partial charge in [0.15, 0.2) is 0 Å². The van der Waals surface area contributed by atoms with E-state index in [-0.39, 0.29) is 23.9 Å². The van der Waals surface area contributed by atoms with E-state index in [4.69, 9.17) is 4.74 Å². The molecule has 1 fully saturated rings. The molecule has 0 saturated carbocycles. The van der Waals surface area contributed by atoms with Crippen LogP contribution in [-0.4, -0.2) is 36.5 Å². The average molecular weight is 356 g/mol. The zero-order chi connectivity index (χ0) is 18.4. The second-order valence-electron chi connectivity index (χ2n) is 6.75. The number of amides is 1. The van der Waals surface area contributed by atoms with Crippen molar-refractivity contribution >= 4 is 5.91 Å². The van der Waals surface area contributed by atoms with Gasteiger partial charge in [0.25, 0.3) is 0 Å². The highest BCUT2D eigenvalue weighted by Crippen LogP contribution is 2.20. The Hall–Kier alpha value is -2.40. The number of piperidine rings is 1. The first kappa shape index (κ1) is 18.4. The van der Waals surface area contributed by atoms with Gasteiger partial charge in [-0.1, -0.05) is 36.4 Å². The van der Waals surface area contributed by atoms with Crippen molar-refractivity contribution in [1.82, 2.24) is 10.2 Å². The van der Waals surface area contributed by atoms with Gasteiger partial charge in [-0.05, 0) is 37.5 Å². The highest BCUT2D eigenvalue weighted by atomic mass is 19.1. The second-order valence-corrected chi connectivity index (χ2v) is 6.75. The smallest absolute Gasteiger partial charge is 0.234 e. The van der Waals surface area contributed by atoms with E-state index in [0.29, 0.717) is 12.3 Å². The minimum absolute atomic E-state index is 0.00227. The van der Waals surface area contributed by atoms with Gasteiger partial charge in [-0.25, -0.2) is 4.39 Å². The lowest BCUT2D eigenvalue weighted by atomic mass is 10.1. The lowest BCUT2D eigenvalue weighted by molar-refractivity contribution is -0.123. The number of ether oxygens (including phenoxy) is 1. The molecule has 0 aromatic heterocycles. The van der Waals surface area contributed by atoms with E-state index < -0.39 is 0 Å². The van der Waals surface area contributed by atoms with Crippen LogP contribution in [0, 0.1) is 5.82 Å². The topological polar surface area (TPSA) is 41.6 Å². The van der Waals surface area contributed by atoms with Crippen LogP contribution >= 0.6 is 0 Å². The SMILES string of the molecule is CC(NC(=O)CN1CCC(Oc2cccc(F)c2)CC1)c1ccccc1. The van der Waals surface area contributed by atoms with Crippen LogP contribution in [0.2, 0.25) is 0 Å². The monoisotopic (exact) mass is 356 g/mol. The van der Waals surface area contributed by atoms with Crippen molar-refractivity contribution in [2.75, 3.05) is 19.6 Å². The summed E-state index contributed by atoms with van der Waals surface area (Å²) in [5.74, 6) is 0.313. The zero-order valence-corrected chi connectivity index (χ0v) is 15.0. The molecule has 1 N–H and O–H groups in total. The van der Waals surface area contributed by atoms with Crippen molar-refractivity contribution < 1.29 is 13.9 Å². The van der Waals surface area contributed by atoms with Gasteiger partial charge in [-0.2, -0.15) is 0 Å². The largest absolute Gasteiger partial charge is 0.490 e. The van der Waals surface area contributed by atoms with E-state index in [2.05, 4.69) is 10.2 Å². The Morgan fingerprint density at radius 1 is 1.19 bits per heavy atom. The van der Waals surface area contributed by atoms with Crippen molar-refractivity contribution in [3.05, 3.63) is 66.0 Å². The summed E-state index contributed by atoms with van der Waals surface area (Å²) in [5, 5.41) is 3.05. The standard InChI is InChI=1S/C21H25FN2O2/c1-16(17-6-3-2-4-7-17)23-21(25)15-24-12-10-19(11-13-24)26-20-9-5-8-18(22)14-20/h2-9,14,16,19H,10-13,15H2,1H3,(H,23,25). The number of nitrogens with zero attached hydrogens (tertiary/aromatic N) is 1. The number of likely N-dealkylation sites (tertiary alicyclic amines) is 1. The molecule has 1 unspecified atom stereocenters. The van der Waals surface area contributed by atoms with E-state index >= 15 is 0 Å². The van der Waals surface area contributed by atoms with Gasteiger partial charge in [0.2, 0.25) is 5.91 Å². The second kappa shape index (κ2) is 8.81. The highest BCUT2D eigenvalue weighted by molar-refractivity contribution is 5.78. The van der Waals surface area contributed by atoms with E-state index in [1.807, 2.05) is 37.3 Å². The van der Waals surface area contributed by atoms with Crippen LogP contribution in [0.3, 0.4) is 0 Å². The molecule has 0 bridgehead atoms. The third kappa shape index (κ3) is 5.30. The fourth-order valence-corrected chi connectivity index (χ4v) is 3.23. The number of carbonyl (C=O) groups excluding carboxylic acids is 1. The number of hydrogen-bond donors (Lipinski definition) is 1. The molecule has 3 rings (SSSR count). The fraction of sp³-hybridized carbons (Fsp3) is 0.381. The summed E-state index contributed by atoms with van der Waals surface area (Å²) in [5.41, 5.74) is 1.10. The summed E-state index contributed by atoms with van der Waals surface area (Å²) >= 11 is 0. The van der Waals surface area contributed by atoms with Gasteiger partial charge in [0, 0.05) is 19.2 Å². The molecular formula is C21H25FN2O2. The first-order chi connectivity index (χ1) is 12.6. The Bertz CT molecular complexity index is 715. The molecule has 0 spiro atoms. The molecule has 0 aliphatic carbocycles. The maximum absolute atomic E-state index is 13.2. The van der Waals surface area contributed by atoms with Gasteiger partial charge in [-0.3, -0.25) is 9.69 Å². The normalized spacial score (nSPS) is 16.8. The predicted molar refractivity (Wildman–Crippen MR) is 99.5 cm³/mol. The maximum atomic E-state index is 13.2. The zero-order valence-electron chi connectivity index (χ0n) is 15.0. The fourth-order valence-electron chi connectivity index (χ4n) is 3.23. The van der Waals surface area contributed by atoms with Crippen molar-refractivity contribution in [2.45, 2.75) is 31.9 Å². The van der Waals surface area contributed by atoms with Crippen molar-refractivity contribution in [2.24, 2.45) is 0 Å². The minimum Gasteiger partial charge on any atom is -0.490 e. The van der Waals surface area contributed by atoms with Crippen molar-refractivity contribution in [3.8, 4) is 5.75 Å². The van der Waals surface area contributed by atoms with Crippen molar-refractivity contribution in [3.63, 3.8) is 0 Å². The molecule has 1 aliphatic heterocycles. The summed E-state index contributed by atoms with van der Waals surface area (Å²) in [7, 11) is 0. The molecule has 2 aromatic rings. The van der Waals surface area contributed by atoms with Crippen LogP contribution in [0.5, 0.6) is 5.75 Å². The van der Waals surface area contributed by atoms with Crippen LogP contribution in [0.1, 0.15) is 31.4 Å². The summed E-state index contributed by atoms with van der Waals surface area (Å²) in [6.45, 7) is 3.98. The van der Waals surface area contributed by atoms with Crippen LogP contribution in [0.15, 0.2) is 54.6 Å². The molecule has 1 atom stereocenters. The summed E-state index contributed by atoms with van der Waals surface area (Å²) in [4.78, 5) is 14.4. The number of halogens is 1. The van der Waals surface area contributed by atoms with E-state index in [0.717, 1.165) is 31.5 Å². The summed E-state index contributed by atoms with van der Waals surface area (Å²) < 4.78 is 19.1. The third-order valence-electron chi connectivity index (χ3n) is 4.68. The molecule has 0 radical (unpaired) electrons. The Morgan fingerprint density at radius 3 is 2.62 bits per heavy atom. The first-order valence-corrected chi connectivity index (χ1v) is 9.09. The Morgan fingerprint density at radius 2 is 1.92 bits per heavy atom.